The highest BCUT2D eigenvalue weighted by Crippen LogP contribution is 2.27. The number of ether oxygens (including phenoxy) is 1. The Labute approximate surface area is 201 Å². The van der Waals surface area contributed by atoms with Crippen molar-refractivity contribution in [3.63, 3.8) is 0 Å². The number of hydrogen-bond donors (Lipinski definition) is 1. The fourth-order valence-corrected chi connectivity index (χ4v) is 3.79. The van der Waals surface area contributed by atoms with Gasteiger partial charge >= 0.3 is 0 Å². The van der Waals surface area contributed by atoms with Crippen LogP contribution in [0.3, 0.4) is 0 Å². The third-order valence-corrected chi connectivity index (χ3v) is 6.38. The number of carbonyl (C=O) groups excluding carboxylic acids is 2. The first-order chi connectivity index (χ1) is 15.0. The van der Waals surface area contributed by atoms with Crippen LogP contribution in [0.25, 0.3) is 0 Å². The van der Waals surface area contributed by atoms with Crippen LogP contribution in [0.2, 0.25) is 10.0 Å². The van der Waals surface area contributed by atoms with Gasteiger partial charge in [-0.05, 0) is 75.9 Å². The number of hydrogen-bond acceptors (Lipinski definition) is 3. The van der Waals surface area contributed by atoms with Gasteiger partial charge in [0, 0.05) is 28.2 Å². The zero-order chi connectivity index (χ0) is 24.0. The van der Waals surface area contributed by atoms with Crippen LogP contribution in [-0.2, 0) is 16.1 Å². The molecule has 0 aliphatic rings. The third-order valence-electron chi connectivity index (χ3n) is 5.67. The van der Waals surface area contributed by atoms with E-state index in [9.17, 15) is 9.59 Å². The maximum Gasteiger partial charge on any atom is 0.261 e. The zero-order valence-corrected chi connectivity index (χ0v) is 21.1. The molecule has 0 aromatic heterocycles. The average Bonchev–Trinajstić information content (AvgIpc) is 2.74. The molecule has 32 heavy (non-hydrogen) atoms. The topological polar surface area (TPSA) is 58.6 Å². The molecule has 5 nitrogen and oxygen atoms in total. The van der Waals surface area contributed by atoms with Crippen molar-refractivity contribution in [3.05, 3.63) is 62.6 Å². The number of halogens is 2. The van der Waals surface area contributed by atoms with Gasteiger partial charge in [0.05, 0.1) is 0 Å². The second-order valence-corrected chi connectivity index (χ2v) is 9.02. The van der Waals surface area contributed by atoms with E-state index in [1.807, 2.05) is 40.7 Å². The van der Waals surface area contributed by atoms with E-state index in [1.54, 1.807) is 25.1 Å². The summed E-state index contributed by atoms with van der Waals surface area (Å²) in [5.74, 6) is 0.0908. The Morgan fingerprint density at radius 3 is 2.31 bits per heavy atom. The molecule has 1 N–H and O–H groups in total. The van der Waals surface area contributed by atoms with Crippen molar-refractivity contribution < 1.29 is 14.3 Å². The van der Waals surface area contributed by atoms with E-state index in [-0.39, 0.29) is 31.0 Å². The number of nitrogens with one attached hydrogen (secondary N) is 1. The largest absolute Gasteiger partial charge is 0.483 e. The Morgan fingerprint density at radius 2 is 1.72 bits per heavy atom. The molecule has 0 bridgehead atoms. The van der Waals surface area contributed by atoms with E-state index < -0.39 is 6.04 Å². The van der Waals surface area contributed by atoms with Gasteiger partial charge in [-0.3, -0.25) is 9.59 Å². The minimum atomic E-state index is -0.729. The quantitative estimate of drug-likeness (QED) is 0.507. The summed E-state index contributed by atoms with van der Waals surface area (Å²) in [7, 11) is 0. The Balaban J connectivity index is 2.28. The molecule has 0 radical (unpaired) electrons. The molecular weight excluding hydrogens is 447 g/mol. The van der Waals surface area contributed by atoms with Gasteiger partial charge in [0.15, 0.2) is 6.61 Å². The molecule has 174 valence electrons. The molecule has 2 rings (SSSR count). The summed E-state index contributed by atoms with van der Waals surface area (Å²) < 4.78 is 5.88. The van der Waals surface area contributed by atoms with Crippen LogP contribution in [0.15, 0.2) is 30.3 Å². The van der Waals surface area contributed by atoms with E-state index in [4.69, 9.17) is 27.9 Å². The van der Waals surface area contributed by atoms with Gasteiger partial charge in [-0.25, -0.2) is 0 Å². The first-order valence-corrected chi connectivity index (χ1v) is 11.5. The van der Waals surface area contributed by atoms with Crippen LogP contribution in [-0.4, -0.2) is 35.4 Å². The minimum Gasteiger partial charge on any atom is -0.483 e. The molecule has 0 heterocycles. The monoisotopic (exact) mass is 478 g/mol. The van der Waals surface area contributed by atoms with Gasteiger partial charge in [-0.15, -0.1) is 0 Å². The van der Waals surface area contributed by atoms with Crippen molar-refractivity contribution >= 4 is 35.0 Å². The Morgan fingerprint density at radius 1 is 1.09 bits per heavy atom. The molecule has 0 saturated carbocycles. The summed E-state index contributed by atoms with van der Waals surface area (Å²) in [6.45, 7) is 11.4. The van der Waals surface area contributed by atoms with Crippen LogP contribution in [0.4, 0.5) is 0 Å². The van der Waals surface area contributed by atoms with E-state index >= 15 is 0 Å². The standard InChI is InChI=1S/C25H32Cl2N2O3/c1-7-17(4)28-25(31)19(6)29(13-20-21(26)9-8-10-22(20)27)24(30)14-32-23-12-15(2)11-16(3)18(23)5/h8-12,17,19H,7,13-14H2,1-6H3,(H,28,31)/t17-,19+/m1/s1. The van der Waals surface area contributed by atoms with E-state index in [2.05, 4.69) is 11.4 Å². The van der Waals surface area contributed by atoms with Crippen molar-refractivity contribution in [1.82, 2.24) is 10.2 Å². The van der Waals surface area contributed by atoms with Gasteiger partial charge < -0.3 is 15.0 Å². The zero-order valence-electron chi connectivity index (χ0n) is 19.6. The second-order valence-electron chi connectivity index (χ2n) is 8.21. The molecular formula is C25H32Cl2N2O3. The summed E-state index contributed by atoms with van der Waals surface area (Å²) in [5, 5.41) is 3.82. The van der Waals surface area contributed by atoms with Gasteiger partial charge in [-0.1, -0.05) is 42.3 Å². The summed E-state index contributed by atoms with van der Waals surface area (Å²) >= 11 is 12.7. The van der Waals surface area contributed by atoms with Crippen molar-refractivity contribution in [3.8, 4) is 5.75 Å². The first-order valence-electron chi connectivity index (χ1n) is 10.8. The van der Waals surface area contributed by atoms with Gasteiger partial charge in [0.1, 0.15) is 11.8 Å². The summed E-state index contributed by atoms with van der Waals surface area (Å²) in [5.41, 5.74) is 3.71. The SMILES string of the molecule is CC[C@@H](C)NC(=O)[C@H](C)N(Cc1c(Cl)cccc1Cl)C(=O)COc1cc(C)cc(C)c1C. The first kappa shape index (κ1) is 26.0. The van der Waals surface area contributed by atoms with Gasteiger partial charge in [-0.2, -0.15) is 0 Å². The number of aryl methyl sites for hydroxylation is 2. The summed E-state index contributed by atoms with van der Waals surface area (Å²) in [6, 6.07) is 8.41. The molecule has 2 aromatic carbocycles. The Hall–Kier alpha value is -2.24. The molecule has 2 amide bonds. The predicted octanol–water partition coefficient (Wildman–Crippen LogP) is 5.63. The van der Waals surface area contributed by atoms with Crippen LogP contribution < -0.4 is 10.1 Å². The Bertz CT molecular complexity index is 958. The van der Waals surface area contributed by atoms with Crippen molar-refractivity contribution in [2.75, 3.05) is 6.61 Å². The lowest BCUT2D eigenvalue weighted by Gasteiger charge is -2.30. The van der Waals surface area contributed by atoms with E-state index in [1.165, 1.54) is 4.90 Å². The number of carbonyl (C=O) groups is 2. The van der Waals surface area contributed by atoms with Crippen molar-refractivity contribution in [2.45, 2.75) is 66.6 Å². The number of rotatable bonds is 9. The van der Waals surface area contributed by atoms with E-state index in [0.717, 1.165) is 23.1 Å². The molecule has 0 saturated heterocycles. The fourth-order valence-electron chi connectivity index (χ4n) is 3.27. The normalized spacial score (nSPS) is 12.8. The highest BCUT2D eigenvalue weighted by Gasteiger charge is 2.28. The van der Waals surface area contributed by atoms with Crippen LogP contribution in [0.1, 0.15) is 49.4 Å². The number of nitrogens with zero attached hydrogens (tertiary/aromatic N) is 1. The predicted molar refractivity (Wildman–Crippen MR) is 131 cm³/mol. The second kappa shape index (κ2) is 11.6. The smallest absolute Gasteiger partial charge is 0.261 e. The lowest BCUT2D eigenvalue weighted by Crippen LogP contribution is -2.50. The molecule has 0 fully saturated rings. The molecule has 2 aromatic rings. The van der Waals surface area contributed by atoms with Gasteiger partial charge in [0.25, 0.3) is 5.91 Å². The maximum absolute atomic E-state index is 13.3. The molecule has 0 spiro atoms. The fraction of sp³-hybridized carbons (Fsp3) is 0.440. The molecule has 0 aliphatic heterocycles. The number of amides is 2. The van der Waals surface area contributed by atoms with Crippen LogP contribution >= 0.6 is 23.2 Å². The highest BCUT2D eigenvalue weighted by atomic mass is 35.5. The third kappa shape index (κ3) is 6.63. The summed E-state index contributed by atoms with van der Waals surface area (Å²) in [6.07, 6.45) is 0.790. The van der Waals surface area contributed by atoms with Crippen LogP contribution in [0.5, 0.6) is 5.75 Å². The molecule has 0 unspecified atom stereocenters. The van der Waals surface area contributed by atoms with Crippen LogP contribution in [0, 0.1) is 20.8 Å². The molecule has 7 heteroatoms. The van der Waals surface area contributed by atoms with Crippen molar-refractivity contribution in [1.29, 1.82) is 0 Å². The van der Waals surface area contributed by atoms with Crippen molar-refractivity contribution in [2.24, 2.45) is 0 Å². The lowest BCUT2D eigenvalue weighted by molar-refractivity contribution is -0.142. The molecule has 2 atom stereocenters. The lowest BCUT2D eigenvalue weighted by atomic mass is 10.1. The number of benzene rings is 2. The Kier molecular flexibility index (Phi) is 9.41. The average molecular weight is 479 g/mol. The van der Waals surface area contributed by atoms with Gasteiger partial charge in [0.2, 0.25) is 5.91 Å². The minimum absolute atomic E-state index is 0.0000259. The van der Waals surface area contributed by atoms with E-state index in [0.29, 0.717) is 21.4 Å². The molecule has 0 aliphatic carbocycles. The maximum atomic E-state index is 13.3. The highest BCUT2D eigenvalue weighted by molar-refractivity contribution is 6.36. The summed E-state index contributed by atoms with van der Waals surface area (Å²) in [4.78, 5) is 27.5.